The van der Waals surface area contributed by atoms with Gasteiger partial charge in [-0.05, 0) is 44.5 Å². The Morgan fingerprint density at radius 1 is 1.17 bits per heavy atom. The SMILES string of the molecule is CCCOc1ccccc1/C=C/C(=O)NCCc1nc2ccccc2n1C(C)C. The second-order valence-electron chi connectivity index (χ2n) is 7.24. The number of hydrogen-bond donors (Lipinski definition) is 1. The summed E-state index contributed by atoms with van der Waals surface area (Å²) in [5, 5.41) is 2.95. The van der Waals surface area contributed by atoms with Gasteiger partial charge in [0, 0.05) is 30.6 Å². The molecule has 5 nitrogen and oxygen atoms in total. The Balaban J connectivity index is 1.60. The second-order valence-corrected chi connectivity index (χ2v) is 7.24. The van der Waals surface area contributed by atoms with Crippen molar-refractivity contribution in [3.63, 3.8) is 0 Å². The quantitative estimate of drug-likeness (QED) is 0.534. The van der Waals surface area contributed by atoms with E-state index >= 15 is 0 Å². The van der Waals surface area contributed by atoms with Crippen molar-refractivity contribution in [3.8, 4) is 5.75 Å². The molecule has 1 N–H and O–H groups in total. The summed E-state index contributed by atoms with van der Waals surface area (Å²) in [5.41, 5.74) is 3.02. The molecule has 0 atom stereocenters. The third-order valence-electron chi connectivity index (χ3n) is 4.63. The van der Waals surface area contributed by atoms with Crippen LogP contribution in [0.15, 0.2) is 54.6 Å². The molecule has 0 aliphatic carbocycles. The monoisotopic (exact) mass is 391 g/mol. The number of aromatic nitrogens is 2. The normalized spacial score (nSPS) is 11.4. The molecule has 0 aliphatic rings. The van der Waals surface area contributed by atoms with Gasteiger partial charge in [0.2, 0.25) is 5.91 Å². The molecule has 0 unspecified atom stereocenters. The van der Waals surface area contributed by atoms with Crippen LogP contribution in [-0.2, 0) is 11.2 Å². The van der Waals surface area contributed by atoms with Crippen molar-refractivity contribution in [2.45, 2.75) is 39.7 Å². The average molecular weight is 392 g/mol. The van der Waals surface area contributed by atoms with Crippen LogP contribution in [0.3, 0.4) is 0 Å². The molecule has 152 valence electrons. The molecule has 29 heavy (non-hydrogen) atoms. The summed E-state index contributed by atoms with van der Waals surface area (Å²) < 4.78 is 7.96. The van der Waals surface area contributed by atoms with Crippen LogP contribution in [0.25, 0.3) is 17.1 Å². The summed E-state index contributed by atoms with van der Waals surface area (Å²) in [4.78, 5) is 17.0. The summed E-state index contributed by atoms with van der Waals surface area (Å²) in [5.74, 6) is 1.66. The average Bonchev–Trinajstić information content (AvgIpc) is 3.09. The van der Waals surface area contributed by atoms with Crippen LogP contribution in [-0.4, -0.2) is 28.6 Å². The number of para-hydroxylation sites is 3. The lowest BCUT2D eigenvalue weighted by Crippen LogP contribution is -2.24. The number of carbonyl (C=O) groups excluding carboxylic acids is 1. The maximum Gasteiger partial charge on any atom is 0.244 e. The van der Waals surface area contributed by atoms with E-state index in [0.29, 0.717) is 25.6 Å². The van der Waals surface area contributed by atoms with Gasteiger partial charge in [0.25, 0.3) is 0 Å². The second kappa shape index (κ2) is 9.92. The zero-order valence-electron chi connectivity index (χ0n) is 17.4. The van der Waals surface area contributed by atoms with Gasteiger partial charge in [0.15, 0.2) is 0 Å². The van der Waals surface area contributed by atoms with Gasteiger partial charge < -0.3 is 14.6 Å². The molecule has 0 bridgehead atoms. The van der Waals surface area contributed by atoms with Crippen molar-refractivity contribution in [3.05, 3.63) is 66.0 Å². The molecule has 3 aromatic rings. The minimum atomic E-state index is -0.123. The third-order valence-corrected chi connectivity index (χ3v) is 4.63. The molecule has 0 saturated carbocycles. The van der Waals surface area contributed by atoms with Crippen molar-refractivity contribution in [1.82, 2.24) is 14.9 Å². The highest BCUT2D eigenvalue weighted by atomic mass is 16.5. The maximum atomic E-state index is 12.3. The fourth-order valence-corrected chi connectivity index (χ4v) is 3.33. The smallest absolute Gasteiger partial charge is 0.244 e. The zero-order chi connectivity index (χ0) is 20.6. The molecule has 1 aromatic heterocycles. The minimum absolute atomic E-state index is 0.123. The predicted molar refractivity (Wildman–Crippen MR) is 118 cm³/mol. The van der Waals surface area contributed by atoms with E-state index in [1.165, 1.54) is 0 Å². The van der Waals surface area contributed by atoms with E-state index in [-0.39, 0.29) is 5.91 Å². The van der Waals surface area contributed by atoms with E-state index in [1.54, 1.807) is 12.2 Å². The fourth-order valence-electron chi connectivity index (χ4n) is 3.33. The first kappa shape index (κ1) is 20.6. The molecule has 0 spiro atoms. The number of imidazole rings is 1. The highest BCUT2D eigenvalue weighted by Gasteiger charge is 2.12. The maximum absolute atomic E-state index is 12.3. The number of amides is 1. The lowest BCUT2D eigenvalue weighted by Gasteiger charge is -2.13. The van der Waals surface area contributed by atoms with E-state index in [2.05, 4.69) is 36.7 Å². The predicted octanol–water partition coefficient (Wildman–Crippen LogP) is 4.78. The highest BCUT2D eigenvalue weighted by Crippen LogP contribution is 2.21. The molecule has 0 saturated heterocycles. The van der Waals surface area contributed by atoms with E-state index in [0.717, 1.165) is 34.6 Å². The van der Waals surface area contributed by atoms with Gasteiger partial charge in [-0.15, -0.1) is 0 Å². The third kappa shape index (κ3) is 5.25. The van der Waals surface area contributed by atoms with Gasteiger partial charge in [0.1, 0.15) is 11.6 Å². The van der Waals surface area contributed by atoms with Gasteiger partial charge in [0.05, 0.1) is 17.6 Å². The number of rotatable bonds is 9. The Morgan fingerprint density at radius 3 is 2.72 bits per heavy atom. The number of nitrogens with zero attached hydrogens (tertiary/aromatic N) is 2. The lowest BCUT2D eigenvalue weighted by atomic mass is 10.2. The van der Waals surface area contributed by atoms with Gasteiger partial charge in [-0.1, -0.05) is 37.3 Å². The molecule has 1 amide bonds. The number of nitrogens with one attached hydrogen (secondary N) is 1. The van der Waals surface area contributed by atoms with Gasteiger partial charge >= 0.3 is 0 Å². The Kier molecular flexibility index (Phi) is 7.06. The molecular weight excluding hydrogens is 362 g/mol. The van der Waals surface area contributed by atoms with Crippen LogP contribution in [0.4, 0.5) is 0 Å². The summed E-state index contributed by atoms with van der Waals surface area (Å²) >= 11 is 0. The van der Waals surface area contributed by atoms with Gasteiger partial charge in [-0.3, -0.25) is 4.79 Å². The Morgan fingerprint density at radius 2 is 1.93 bits per heavy atom. The Hall–Kier alpha value is -3.08. The summed E-state index contributed by atoms with van der Waals surface area (Å²) in [6.07, 6.45) is 4.98. The Bertz CT molecular complexity index is 989. The van der Waals surface area contributed by atoms with Gasteiger partial charge in [-0.2, -0.15) is 0 Å². The molecule has 2 aromatic carbocycles. The number of fused-ring (bicyclic) bond motifs is 1. The fraction of sp³-hybridized carbons (Fsp3) is 0.333. The van der Waals surface area contributed by atoms with Crippen molar-refractivity contribution in [1.29, 1.82) is 0 Å². The van der Waals surface area contributed by atoms with Crippen LogP contribution in [0.1, 0.15) is 44.6 Å². The van der Waals surface area contributed by atoms with Gasteiger partial charge in [-0.25, -0.2) is 4.98 Å². The minimum Gasteiger partial charge on any atom is -0.493 e. The molecule has 1 heterocycles. The van der Waals surface area contributed by atoms with Crippen LogP contribution < -0.4 is 10.1 Å². The number of benzene rings is 2. The molecule has 0 fully saturated rings. The first-order chi connectivity index (χ1) is 14.1. The van der Waals surface area contributed by atoms with Crippen molar-refractivity contribution in [2.75, 3.05) is 13.2 Å². The molecule has 5 heteroatoms. The topological polar surface area (TPSA) is 56.1 Å². The van der Waals surface area contributed by atoms with E-state index < -0.39 is 0 Å². The first-order valence-electron chi connectivity index (χ1n) is 10.2. The highest BCUT2D eigenvalue weighted by molar-refractivity contribution is 5.92. The van der Waals surface area contributed by atoms with Crippen molar-refractivity contribution >= 4 is 23.0 Å². The number of hydrogen-bond acceptors (Lipinski definition) is 3. The molecule has 3 rings (SSSR count). The molecule has 0 radical (unpaired) electrons. The molecular formula is C24H29N3O2. The van der Waals surface area contributed by atoms with E-state index in [9.17, 15) is 4.79 Å². The van der Waals surface area contributed by atoms with E-state index in [1.807, 2.05) is 42.5 Å². The first-order valence-corrected chi connectivity index (χ1v) is 10.2. The van der Waals surface area contributed by atoms with Crippen LogP contribution in [0.2, 0.25) is 0 Å². The van der Waals surface area contributed by atoms with Crippen molar-refractivity contribution in [2.24, 2.45) is 0 Å². The number of ether oxygens (including phenoxy) is 1. The summed E-state index contributed by atoms with van der Waals surface area (Å²) in [6.45, 7) is 7.56. The number of carbonyl (C=O) groups is 1. The Labute approximate surface area is 172 Å². The summed E-state index contributed by atoms with van der Waals surface area (Å²) in [6, 6.07) is 16.2. The van der Waals surface area contributed by atoms with Crippen LogP contribution in [0, 0.1) is 0 Å². The lowest BCUT2D eigenvalue weighted by molar-refractivity contribution is -0.116. The van der Waals surface area contributed by atoms with Crippen LogP contribution >= 0.6 is 0 Å². The zero-order valence-corrected chi connectivity index (χ0v) is 17.4. The summed E-state index contributed by atoms with van der Waals surface area (Å²) in [7, 11) is 0. The standard InChI is InChI=1S/C24H29N3O2/c1-4-17-29-22-12-8-5-9-19(22)13-14-24(28)25-16-15-23-26-20-10-6-7-11-21(20)27(23)18(2)3/h5-14,18H,4,15-17H2,1-3H3,(H,25,28)/b14-13+. The van der Waals surface area contributed by atoms with Crippen molar-refractivity contribution < 1.29 is 9.53 Å². The largest absolute Gasteiger partial charge is 0.493 e. The van der Waals surface area contributed by atoms with E-state index in [4.69, 9.17) is 9.72 Å². The van der Waals surface area contributed by atoms with Crippen LogP contribution in [0.5, 0.6) is 5.75 Å². The molecule has 0 aliphatic heterocycles.